The zero-order valence-corrected chi connectivity index (χ0v) is 17.9. The third-order valence-electron chi connectivity index (χ3n) is 5.65. The van der Waals surface area contributed by atoms with Gasteiger partial charge in [-0.2, -0.15) is 0 Å². The maximum absolute atomic E-state index is 15.0. The number of ether oxygens (including phenoxy) is 1. The van der Waals surface area contributed by atoms with Crippen molar-refractivity contribution in [3.8, 4) is 5.75 Å². The molecule has 1 unspecified atom stereocenters. The van der Waals surface area contributed by atoms with Crippen LogP contribution in [0, 0.1) is 5.82 Å². The molecule has 31 heavy (non-hydrogen) atoms. The van der Waals surface area contributed by atoms with E-state index in [1.807, 2.05) is 29.2 Å². The molecule has 2 aliphatic rings. The van der Waals surface area contributed by atoms with Gasteiger partial charge in [0.2, 0.25) is 11.8 Å². The Kier molecular flexibility index (Phi) is 6.18. The number of carbonyl (C=O) groups is 2. The number of amides is 2. The Balaban J connectivity index is 1.46. The highest BCUT2D eigenvalue weighted by molar-refractivity contribution is 6.30. The van der Waals surface area contributed by atoms with Gasteiger partial charge in [-0.1, -0.05) is 11.6 Å². The lowest BCUT2D eigenvalue weighted by Crippen LogP contribution is -2.47. The Morgan fingerprint density at radius 3 is 2.42 bits per heavy atom. The fraction of sp³-hybridized carbons (Fsp3) is 0.364. The average molecular weight is 447 g/mol. The molecule has 2 aromatic rings. The summed E-state index contributed by atoms with van der Waals surface area (Å²) >= 11 is 5.97. The number of piperazine rings is 1. The second-order valence-electron chi connectivity index (χ2n) is 7.60. The van der Waals surface area contributed by atoms with Crippen LogP contribution in [0.15, 0.2) is 36.4 Å². The van der Waals surface area contributed by atoms with Gasteiger partial charge in [-0.25, -0.2) is 4.39 Å². The van der Waals surface area contributed by atoms with E-state index in [9.17, 15) is 9.59 Å². The van der Waals surface area contributed by atoms with Gasteiger partial charge in [0.1, 0.15) is 17.6 Å². The van der Waals surface area contributed by atoms with Gasteiger partial charge in [-0.05, 0) is 30.7 Å². The van der Waals surface area contributed by atoms with Crippen molar-refractivity contribution in [3.05, 3.63) is 47.2 Å². The van der Waals surface area contributed by atoms with E-state index < -0.39 is 17.8 Å². The van der Waals surface area contributed by atoms with Gasteiger partial charge < -0.3 is 19.9 Å². The zero-order valence-electron chi connectivity index (χ0n) is 17.2. The maximum Gasteiger partial charge on any atom is 0.249 e. The van der Waals surface area contributed by atoms with E-state index in [0.717, 1.165) is 18.8 Å². The third kappa shape index (κ3) is 4.69. The van der Waals surface area contributed by atoms with Crippen LogP contribution in [-0.2, 0) is 9.59 Å². The molecule has 0 aliphatic carbocycles. The van der Waals surface area contributed by atoms with Gasteiger partial charge in [-0.3, -0.25) is 14.9 Å². The van der Waals surface area contributed by atoms with Gasteiger partial charge >= 0.3 is 0 Å². The van der Waals surface area contributed by atoms with Crippen molar-refractivity contribution in [2.45, 2.75) is 18.9 Å². The van der Waals surface area contributed by atoms with E-state index in [2.05, 4.69) is 15.5 Å². The normalized spacial score (nSPS) is 19.3. The van der Waals surface area contributed by atoms with Crippen LogP contribution in [0.2, 0.25) is 5.02 Å². The van der Waals surface area contributed by atoms with Gasteiger partial charge in [0.25, 0.3) is 0 Å². The lowest BCUT2D eigenvalue weighted by atomic mass is 10.1. The molecule has 2 N–H and O–H groups in total. The minimum absolute atomic E-state index is 0.240. The third-order valence-corrected chi connectivity index (χ3v) is 5.90. The number of imide groups is 1. The summed E-state index contributed by atoms with van der Waals surface area (Å²) in [7, 11) is 1.51. The van der Waals surface area contributed by atoms with Crippen LogP contribution < -0.4 is 25.2 Å². The van der Waals surface area contributed by atoms with Crippen LogP contribution in [0.4, 0.5) is 21.5 Å². The molecule has 164 valence electrons. The first-order valence-corrected chi connectivity index (χ1v) is 10.6. The van der Waals surface area contributed by atoms with Gasteiger partial charge in [0, 0.05) is 55.4 Å². The molecule has 0 aromatic heterocycles. The standard InChI is InChI=1S/C22H24ClFN4O3/c1-31-20-13-19(16(24)12-18(20)25-17-6-7-21(29)26-22(17)30)28-10-8-27(9-11-28)15-4-2-14(23)3-5-15/h2-5,12-13,17,25H,6-11H2,1H3,(H,26,29,30). The molecular formula is C22H24ClFN4O3. The molecule has 1 atom stereocenters. The van der Waals surface area contributed by atoms with Crippen LogP contribution in [0.5, 0.6) is 5.75 Å². The average Bonchev–Trinajstić information content (AvgIpc) is 2.77. The zero-order chi connectivity index (χ0) is 22.0. The van der Waals surface area contributed by atoms with Crippen molar-refractivity contribution in [2.24, 2.45) is 0 Å². The molecule has 2 aliphatic heterocycles. The quantitative estimate of drug-likeness (QED) is 0.688. The number of piperidine rings is 1. The molecule has 2 saturated heterocycles. The minimum atomic E-state index is -0.611. The van der Waals surface area contributed by atoms with E-state index in [-0.39, 0.29) is 12.3 Å². The summed E-state index contributed by atoms with van der Waals surface area (Å²) in [4.78, 5) is 27.6. The molecule has 9 heteroatoms. The van der Waals surface area contributed by atoms with Crippen molar-refractivity contribution < 1.29 is 18.7 Å². The smallest absolute Gasteiger partial charge is 0.249 e. The number of carbonyl (C=O) groups excluding carboxylic acids is 2. The number of benzene rings is 2. The number of halogens is 2. The SMILES string of the molecule is COc1cc(N2CCN(c3ccc(Cl)cc3)CC2)c(F)cc1NC1CCC(=O)NC1=O. The van der Waals surface area contributed by atoms with Crippen LogP contribution in [0.1, 0.15) is 12.8 Å². The Bertz CT molecular complexity index is 977. The largest absolute Gasteiger partial charge is 0.495 e. The predicted molar refractivity (Wildman–Crippen MR) is 119 cm³/mol. The van der Waals surface area contributed by atoms with Crippen molar-refractivity contribution >= 4 is 40.5 Å². The van der Waals surface area contributed by atoms with Crippen molar-refractivity contribution in [3.63, 3.8) is 0 Å². The number of anilines is 3. The van der Waals surface area contributed by atoms with E-state index in [1.165, 1.54) is 13.2 Å². The molecule has 0 radical (unpaired) electrons. The van der Waals surface area contributed by atoms with Crippen LogP contribution >= 0.6 is 11.6 Å². The topological polar surface area (TPSA) is 73.9 Å². The van der Waals surface area contributed by atoms with E-state index in [0.29, 0.717) is 41.7 Å². The predicted octanol–water partition coefficient (Wildman–Crippen LogP) is 3.03. The molecule has 2 aromatic carbocycles. The number of hydrogen-bond acceptors (Lipinski definition) is 6. The first kappa shape index (κ1) is 21.2. The second-order valence-corrected chi connectivity index (χ2v) is 8.04. The van der Waals surface area contributed by atoms with E-state index >= 15 is 4.39 Å². The number of nitrogens with zero attached hydrogens (tertiary/aromatic N) is 2. The Labute approximate surface area is 185 Å². The molecule has 2 heterocycles. The highest BCUT2D eigenvalue weighted by Gasteiger charge is 2.28. The van der Waals surface area contributed by atoms with Crippen LogP contribution in [-0.4, -0.2) is 51.1 Å². The summed E-state index contributed by atoms with van der Waals surface area (Å²) in [6.45, 7) is 2.81. The number of methoxy groups -OCH3 is 1. The van der Waals surface area contributed by atoms with Gasteiger partial charge in [-0.15, -0.1) is 0 Å². The molecule has 2 amide bonds. The van der Waals surface area contributed by atoms with Gasteiger partial charge in [0.15, 0.2) is 0 Å². The molecule has 0 spiro atoms. The Morgan fingerprint density at radius 2 is 1.77 bits per heavy atom. The summed E-state index contributed by atoms with van der Waals surface area (Å²) in [5.41, 5.74) is 1.94. The lowest BCUT2D eigenvalue weighted by Gasteiger charge is -2.37. The number of nitrogens with one attached hydrogen (secondary N) is 2. The second kappa shape index (κ2) is 9.01. The number of rotatable bonds is 5. The molecular weight excluding hydrogens is 423 g/mol. The molecule has 0 bridgehead atoms. The summed E-state index contributed by atoms with van der Waals surface area (Å²) in [5.74, 6) is -0.660. The molecule has 4 rings (SSSR count). The van der Waals surface area contributed by atoms with Gasteiger partial charge in [0.05, 0.1) is 18.5 Å². The highest BCUT2D eigenvalue weighted by Crippen LogP contribution is 2.34. The molecule has 2 fully saturated rings. The van der Waals surface area contributed by atoms with Crippen molar-refractivity contribution in [1.82, 2.24) is 5.32 Å². The fourth-order valence-electron chi connectivity index (χ4n) is 3.94. The van der Waals surface area contributed by atoms with Crippen LogP contribution in [0.3, 0.4) is 0 Å². The lowest BCUT2D eigenvalue weighted by molar-refractivity contribution is -0.133. The van der Waals surface area contributed by atoms with E-state index in [1.54, 1.807) is 6.07 Å². The van der Waals surface area contributed by atoms with Crippen LogP contribution in [0.25, 0.3) is 0 Å². The maximum atomic E-state index is 15.0. The molecule has 0 saturated carbocycles. The summed E-state index contributed by atoms with van der Waals surface area (Å²) in [6, 6.07) is 10.1. The minimum Gasteiger partial charge on any atom is -0.495 e. The monoisotopic (exact) mass is 446 g/mol. The van der Waals surface area contributed by atoms with E-state index in [4.69, 9.17) is 16.3 Å². The number of hydrogen-bond donors (Lipinski definition) is 2. The highest BCUT2D eigenvalue weighted by atomic mass is 35.5. The summed E-state index contributed by atoms with van der Waals surface area (Å²) in [6.07, 6.45) is 0.591. The Morgan fingerprint density at radius 1 is 1.10 bits per heavy atom. The summed E-state index contributed by atoms with van der Waals surface area (Å²) < 4.78 is 20.5. The molecule has 7 nitrogen and oxygen atoms in total. The first-order chi connectivity index (χ1) is 14.9. The van der Waals surface area contributed by atoms with Crippen molar-refractivity contribution in [2.75, 3.05) is 48.4 Å². The van der Waals surface area contributed by atoms with Crippen molar-refractivity contribution in [1.29, 1.82) is 0 Å². The Hall–Kier alpha value is -3.00. The first-order valence-electron chi connectivity index (χ1n) is 10.2. The fourth-order valence-corrected chi connectivity index (χ4v) is 4.07. The summed E-state index contributed by atoms with van der Waals surface area (Å²) in [5, 5.41) is 6.00.